The maximum absolute atomic E-state index is 11.5. The standard InChI is InChI=1S/C14H20N2O3/c1-19-14(18)11-6-7-15-13(10-11)16(8-3-9-17)12-4-2-5-12/h6-7,10,12,17H,2-5,8-9H2,1H3. The number of aromatic nitrogens is 1. The van der Waals surface area contributed by atoms with Crippen molar-refractivity contribution in [2.45, 2.75) is 31.7 Å². The first-order valence-corrected chi connectivity index (χ1v) is 6.68. The molecule has 19 heavy (non-hydrogen) atoms. The summed E-state index contributed by atoms with van der Waals surface area (Å²) in [5.41, 5.74) is 0.515. The Morgan fingerprint density at radius 1 is 1.58 bits per heavy atom. The highest BCUT2D eigenvalue weighted by Gasteiger charge is 2.26. The number of esters is 1. The van der Waals surface area contributed by atoms with Gasteiger partial charge in [0, 0.05) is 25.4 Å². The molecule has 0 aromatic carbocycles. The van der Waals surface area contributed by atoms with Crippen molar-refractivity contribution in [2.24, 2.45) is 0 Å². The molecule has 1 saturated carbocycles. The summed E-state index contributed by atoms with van der Waals surface area (Å²) in [5, 5.41) is 8.99. The van der Waals surface area contributed by atoms with E-state index in [4.69, 9.17) is 9.84 Å². The third-order valence-electron chi connectivity index (χ3n) is 3.53. The van der Waals surface area contributed by atoms with Crippen molar-refractivity contribution >= 4 is 11.8 Å². The highest BCUT2D eigenvalue weighted by Crippen LogP contribution is 2.29. The fourth-order valence-electron chi connectivity index (χ4n) is 2.24. The summed E-state index contributed by atoms with van der Waals surface area (Å²) in [6, 6.07) is 3.90. The number of pyridine rings is 1. The summed E-state index contributed by atoms with van der Waals surface area (Å²) in [5.74, 6) is 0.445. The van der Waals surface area contributed by atoms with Gasteiger partial charge in [0.25, 0.3) is 0 Å². The predicted octanol–water partition coefficient (Wildman–Crippen LogP) is 1.61. The molecule has 1 N–H and O–H groups in total. The molecule has 5 nitrogen and oxygen atoms in total. The Morgan fingerprint density at radius 2 is 2.37 bits per heavy atom. The van der Waals surface area contributed by atoms with Crippen molar-refractivity contribution in [1.29, 1.82) is 0 Å². The fourth-order valence-corrected chi connectivity index (χ4v) is 2.24. The second kappa shape index (κ2) is 6.52. The highest BCUT2D eigenvalue weighted by atomic mass is 16.5. The third-order valence-corrected chi connectivity index (χ3v) is 3.53. The summed E-state index contributed by atoms with van der Waals surface area (Å²) < 4.78 is 4.73. The zero-order valence-electron chi connectivity index (χ0n) is 11.2. The maximum Gasteiger partial charge on any atom is 0.338 e. The van der Waals surface area contributed by atoms with Crippen LogP contribution < -0.4 is 4.90 Å². The molecule has 1 heterocycles. The Hall–Kier alpha value is -1.62. The Labute approximate surface area is 113 Å². The van der Waals surface area contributed by atoms with E-state index in [1.807, 2.05) is 0 Å². The SMILES string of the molecule is COC(=O)c1ccnc(N(CCCO)C2CCC2)c1. The fraction of sp³-hybridized carbons (Fsp3) is 0.571. The zero-order chi connectivity index (χ0) is 13.7. The number of aliphatic hydroxyl groups is 1. The quantitative estimate of drug-likeness (QED) is 0.791. The van der Waals surface area contributed by atoms with Crippen LogP contribution in [-0.2, 0) is 4.74 Å². The van der Waals surface area contributed by atoms with Crippen LogP contribution in [0.2, 0.25) is 0 Å². The summed E-state index contributed by atoms with van der Waals surface area (Å²) in [7, 11) is 1.37. The van der Waals surface area contributed by atoms with Crippen LogP contribution in [0.15, 0.2) is 18.3 Å². The number of rotatable bonds is 6. The maximum atomic E-state index is 11.5. The van der Waals surface area contributed by atoms with Crippen LogP contribution in [0.3, 0.4) is 0 Å². The van der Waals surface area contributed by atoms with Crippen LogP contribution in [0.4, 0.5) is 5.82 Å². The van der Waals surface area contributed by atoms with Crippen molar-refractivity contribution in [2.75, 3.05) is 25.2 Å². The number of carbonyl (C=O) groups is 1. The normalized spacial score (nSPS) is 14.8. The molecule has 0 aliphatic heterocycles. The molecule has 1 aliphatic carbocycles. The van der Waals surface area contributed by atoms with Gasteiger partial charge in [0.15, 0.2) is 0 Å². The summed E-state index contributed by atoms with van der Waals surface area (Å²) in [4.78, 5) is 18.1. The lowest BCUT2D eigenvalue weighted by atomic mass is 9.91. The number of methoxy groups -OCH3 is 1. The Morgan fingerprint density at radius 3 is 2.95 bits per heavy atom. The molecule has 0 spiro atoms. The molecule has 0 unspecified atom stereocenters. The summed E-state index contributed by atoms with van der Waals surface area (Å²) in [6.45, 7) is 0.929. The molecule has 0 radical (unpaired) electrons. The lowest BCUT2D eigenvalue weighted by Gasteiger charge is -2.38. The molecular weight excluding hydrogens is 244 g/mol. The predicted molar refractivity (Wildman–Crippen MR) is 72.3 cm³/mol. The van der Waals surface area contributed by atoms with Crippen molar-refractivity contribution in [3.63, 3.8) is 0 Å². The van der Waals surface area contributed by atoms with Gasteiger partial charge in [-0.3, -0.25) is 0 Å². The summed E-state index contributed by atoms with van der Waals surface area (Å²) in [6.07, 6.45) is 5.87. The molecule has 1 aromatic rings. The van der Waals surface area contributed by atoms with Crippen molar-refractivity contribution in [3.8, 4) is 0 Å². The van der Waals surface area contributed by atoms with E-state index in [-0.39, 0.29) is 12.6 Å². The first-order valence-electron chi connectivity index (χ1n) is 6.68. The van der Waals surface area contributed by atoms with Gasteiger partial charge in [-0.1, -0.05) is 0 Å². The van der Waals surface area contributed by atoms with Crippen LogP contribution in [-0.4, -0.2) is 42.4 Å². The number of ether oxygens (including phenoxy) is 1. The third kappa shape index (κ3) is 3.23. The summed E-state index contributed by atoms with van der Waals surface area (Å²) >= 11 is 0. The van der Waals surface area contributed by atoms with Gasteiger partial charge in [-0.25, -0.2) is 9.78 Å². The number of aliphatic hydroxyl groups excluding tert-OH is 1. The Bertz CT molecular complexity index is 432. The molecular formula is C14H20N2O3. The van der Waals surface area contributed by atoms with E-state index in [0.717, 1.165) is 25.2 Å². The topological polar surface area (TPSA) is 62.7 Å². The zero-order valence-corrected chi connectivity index (χ0v) is 11.2. The largest absolute Gasteiger partial charge is 0.465 e. The first-order chi connectivity index (χ1) is 9.26. The molecule has 5 heteroatoms. The molecule has 1 aliphatic rings. The molecule has 0 bridgehead atoms. The molecule has 0 atom stereocenters. The van der Waals surface area contributed by atoms with E-state index >= 15 is 0 Å². The van der Waals surface area contributed by atoms with Crippen molar-refractivity contribution in [3.05, 3.63) is 23.9 Å². The van der Waals surface area contributed by atoms with Crippen LogP contribution in [0.1, 0.15) is 36.0 Å². The van der Waals surface area contributed by atoms with Crippen LogP contribution >= 0.6 is 0 Å². The van der Waals surface area contributed by atoms with E-state index in [1.54, 1.807) is 18.3 Å². The van der Waals surface area contributed by atoms with E-state index in [1.165, 1.54) is 13.5 Å². The van der Waals surface area contributed by atoms with E-state index < -0.39 is 0 Å². The van der Waals surface area contributed by atoms with E-state index in [0.29, 0.717) is 18.0 Å². The average molecular weight is 264 g/mol. The molecule has 104 valence electrons. The Balaban J connectivity index is 2.17. The number of hydrogen-bond acceptors (Lipinski definition) is 5. The van der Waals surface area contributed by atoms with Crippen molar-refractivity contribution in [1.82, 2.24) is 4.98 Å². The highest BCUT2D eigenvalue weighted by molar-refractivity contribution is 5.90. The lowest BCUT2D eigenvalue weighted by Crippen LogP contribution is -2.41. The van der Waals surface area contributed by atoms with E-state index in [2.05, 4.69) is 9.88 Å². The minimum atomic E-state index is -0.348. The van der Waals surface area contributed by atoms with Gasteiger partial charge in [-0.15, -0.1) is 0 Å². The van der Waals surface area contributed by atoms with Gasteiger partial charge in [0.1, 0.15) is 5.82 Å². The Kier molecular flexibility index (Phi) is 4.74. The first kappa shape index (κ1) is 13.8. The van der Waals surface area contributed by atoms with E-state index in [9.17, 15) is 4.79 Å². The number of hydrogen-bond donors (Lipinski definition) is 1. The molecule has 0 amide bonds. The number of carbonyl (C=O) groups excluding carboxylic acids is 1. The second-order valence-electron chi connectivity index (χ2n) is 4.75. The second-order valence-corrected chi connectivity index (χ2v) is 4.75. The minimum Gasteiger partial charge on any atom is -0.465 e. The molecule has 1 aromatic heterocycles. The molecule has 2 rings (SSSR count). The average Bonchev–Trinajstić information content (AvgIpc) is 2.40. The van der Waals surface area contributed by atoms with Gasteiger partial charge in [0.2, 0.25) is 0 Å². The number of anilines is 1. The lowest BCUT2D eigenvalue weighted by molar-refractivity contribution is 0.0600. The monoisotopic (exact) mass is 264 g/mol. The van der Waals surface area contributed by atoms with Gasteiger partial charge in [-0.2, -0.15) is 0 Å². The van der Waals surface area contributed by atoms with Crippen LogP contribution in [0.25, 0.3) is 0 Å². The van der Waals surface area contributed by atoms with Crippen LogP contribution in [0, 0.1) is 0 Å². The minimum absolute atomic E-state index is 0.167. The smallest absolute Gasteiger partial charge is 0.338 e. The van der Waals surface area contributed by atoms with Crippen molar-refractivity contribution < 1.29 is 14.6 Å². The van der Waals surface area contributed by atoms with Crippen LogP contribution in [0.5, 0.6) is 0 Å². The van der Waals surface area contributed by atoms with Gasteiger partial charge in [-0.05, 0) is 37.8 Å². The molecule has 0 saturated heterocycles. The molecule has 1 fully saturated rings. The number of nitrogens with zero attached hydrogens (tertiary/aromatic N) is 2. The van der Waals surface area contributed by atoms with Gasteiger partial charge in [0.05, 0.1) is 12.7 Å². The van der Waals surface area contributed by atoms with Gasteiger partial charge < -0.3 is 14.7 Å². The van der Waals surface area contributed by atoms with Gasteiger partial charge >= 0.3 is 5.97 Å².